The van der Waals surface area contributed by atoms with Crippen LogP contribution < -0.4 is 23.8 Å². The molecule has 1 aliphatic heterocycles. The van der Waals surface area contributed by atoms with Crippen LogP contribution in [0.5, 0.6) is 23.0 Å². The van der Waals surface area contributed by atoms with Crippen LogP contribution in [0.1, 0.15) is 43.5 Å². The molecule has 0 unspecified atom stereocenters. The monoisotopic (exact) mass is 495 g/mol. The number of ether oxygens (including phenoxy) is 4. The van der Waals surface area contributed by atoms with E-state index in [0.29, 0.717) is 47.8 Å². The van der Waals surface area contributed by atoms with E-state index in [2.05, 4.69) is 0 Å². The number of hydrogen-bond acceptors (Lipinski definition) is 5. The van der Waals surface area contributed by atoms with Gasteiger partial charge in [0, 0.05) is 5.69 Å². The Bertz CT molecular complexity index is 1190. The fraction of sp³-hybridized carbons (Fsp3) is 0.321. The minimum absolute atomic E-state index is 0.0378. The maximum absolute atomic E-state index is 13.6. The molecule has 0 radical (unpaired) electrons. The van der Waals surface area contributed by atoms with Gasteiger partial charge < -0.3 is 23.8 Å². The number of methoxy groups -OCH3 is 1. The lowest BCUT2D eigenvalue weighted by Crippen LogP contribution is -2.41. The molecular formula is C28H30ClNO5. The molecule has 0 bridgehead atoms. The number of anilines is 1. The van der Waals surface area contributed by atoms with Gasteiger partial charge in [0.25, 0.3) is 0 Å². The Morgan fingerprint density at radius 2 is 1.51 bits per heavy atom. The highest BCUT2D eigenvalue weighted by Gasteiger charge is 2.36. The lowest BCUT2D eigenvalue weighted by molar-refractivity contribution is -0.118. The number of rotatable bonds is 9. The molecule has 35 heavy (non-hydrogen) atoms. The summed E-state index contributed by atoms with van der Waals surface area (Å²) in [6.07, 6.45) is 0.235. The second-order valence-corrected chi connectivity index (χ2v) is 8.43. The molecule has 184 valence electrons. The van der Waals surface area contributed by atoms with Crippen LogP contribution in [-0.4, -0.2) is 32.8 Å². The summed E-state index contributed by atoms with van der Waals surface area (Å²) < 4.78 is 22.7. The van der Waals surface area contributed by atoms with Gasteiger partial charge in [0.1, 0.15) is 11.5 Å². The third kappa shape index (κ3) is 5.03. The Labute approximate surface area is 211 Å². The van der Waals surface area contributed by atoms with E-state index in [1.54, 1.807) is 24.1 Å². The Balaban J connectivity index is 1.89. The van der Waals surface area contributed by atoms with Crippen LogP contribution in [0.4, 0.5) is 5.69 Å². The Morgan fingerprint density at radius 1 is 0.857 bits per heavy atom. The first-order chi connectivity index (χ1) is 17.0. The smallest absolute Gasteiger partial charge is 0.232 e. The van der Waals surface area contributed by atoms with Crippen molar-refractivity contribution in [2.24, 2.45) is 0 Å². The Morgan fingerprint density at radius 3 is 2.11 bits per heavy atom. The van der Waals surface area contributed by atoms with Crippen molar-refractivity contribution >= 4 is 23.2 Å². The molecule has 3 aromatic rings. The van der Waals surface area contributed by atoms with Gasteiger partial charge in [-0.1, -0.05) is 23.7 Å². The van der Waals surface area contributed by atoms with E-state index in [0.717, 1.165) is 22.4 Å². The second-order valence-electron chi connectivity index (χ2n) is 8.03. The summed E-state index contributed by atoms with van der Waals surface area (Å²) in [5, 5.41) is 0.440. The number of hydrogen-bond donors (Lipinski definition) is 0. The molecule has 3 aromatic carbocycles. The van der Waals surface area contributed by atoms with Gasteiger partial charge in [-0.25, -0.2) is 0 Å². The molecule has 0 aliphatic carbocycles. The molecule has 0 saturated carbocycles. The molecule has 0 fully saturated rings. The van der Waals surface area contributed by atoms with Crippen LogP contribution in [-0.2, 0) is 11.2 Å². The quantitative estimate of drug-likeness (QED) is 0.352. The number of amides is 1. The van der Waals surface area contributed by atoms with E-state index in [1.165, 1.54) is 0 Å². The summed E-state index contributed by atoms with van der Waals surface area (Å²) in [6.45, 7) is 7.41. The molecular weight excluding hydrogens is 466 g/mol. The summed E-state index contributed by atoms with van der Waals surface area (Å²) >= 11 is 6.45. The van der Waals surface area contributed by atoms with Gasteiger partial charge in [0.15, 0.2) is 11.5 Å². The fourth-order valence-electron chi connectivity index (χ4n) is 4.43. The molecule has 6 nitrogen and oxygen atoms in total. The average Bonchev–Trinajstić information content (AvgIpc) is 2.85. The van der Waals surface area contributed by atoms with Gasteiger partial charge >= 0.3 is 0 Å². The maximum atomic E-state index is 13.6. The molecule has 4 rings (SSSR count). The standard InChI is InChI=1S/C28H30ClNO5/c1-5-33-21-11-8-18(9-12-21)28-22-17-26(35-7-3)25(34-6-2)14-19(22)15-27(31)30(28)20-10-13-24(32-4)23(29)16-20/h8-14,16-17,28H,5-7,15H2,1-4H3/t28-/m1/s1. The summed E-state index contributed by atoms with van der Waals surface area (Å²) in [7, 11) is 1.57. The van der Waals surface area contributed by atoms with E-state index in [1.807, 2.05) is 63.2 Å². The normalized spacial score (nSPS) is 14.9. The van der Waals surface area contributed by atoms with E-state index < -0.39 is 0 Å². The van der Waals surface area contributed by atoms with Crippen molar-refractivity contribution in [3.8, 4) is 23.0 Å². The van der Waals surface area contributed by atoms with Gasteiger partial charge in [-0.2, -0.15) is 0 Å². The first-order valence-corrected chi connectivity index (χ1v) is 12.2. The van der Waals surface area contributed by atoms with Crippen LogP contribution in [0.25, 0.3) is 0 Å². The second kappa shape index (κ2) is 10.9. The summed E-state index contributed by atoms with van der Waals surface area (Å²) in [5.74, 6) is 2.60. The van der Waals surface area contributed by atoms with Crippen molar-refractivity contribution in [1.82, 2.24) is 0 Å². The first kappa shape index (κ1) is 24.7. The minimum atomic E-state index is -0.388. The van der Waals surface area contributed by atoms with Gasteiger partial charge in [0.05, 0.1) is 44.4 Å². The third-order valence-corrected chi connectivity index (χ3v) is 6.18. The number of halogens is 1. The number of benzene rings is 3. The molecule has 1 aliphatic rings. The minimum Gasteiger partial charge on any atom is -0.495 e. The van der Waals surface area contributed by atoms with Crippen LogP contribution in [0.2, 0.25) is 5.02 Å². The van der Waals surface area contributed by atoms with E-state index in [4.69, 9.17) is 30.5 Å². The largest absolute Gasteiger partial charge is 0.495 e. The van der Waals surface area contributed by atoms with E-state index in [9.17, 15) is 4.79 Å². The lowest BCUT2D eigenvalue weighted by atomic mass is 9.86. The number of carbonyl (C=O) groups is 1. The van der Waals surface area contributed by atoms with Crippen molar-refractivity contribution in [2.45, 2.75) is 33.2 Å². The zero-order chi connectivity index (χ0) is 24.9. The Kier molecular flexibility index (Phi) is 7.71. The molecule has 0 spiro atoms. The third-order valence-electron chi connectivity index (χ3n) is 5.89. The highest BCUT2D eigenvalue weighted by atomic mass is 35.5. The van der Waals surface area contributed by atoms with Crippen LogP contribution >= 0.6 is 11.6 Å². The zero-order valence-electron chi connectivity index (χ0n) is 20.5. The molecule has 0 saturated heterocycles. The summed E-state index contributed by atoms with van der Waals surface area (Å²) in [6, 6.07) is 16.8. The van der Waals surface area contributed by atoms with Crippen molar-refractivity contribution < 1.29 is 23.7 Å². The summed E-state index contributed by atoms with van der Waals surface area (Å²) in [5.41, 5.74) is 3.53. The first-order valence-electron chi connectivity index (χ1n) is 11.8. The van der Waals surface area contributed by atoms with Gasteiger partial charge in [-0.3, -0.25) is 4.79 Å². The predicted octanol–water partition coefficient (Wildman–Crippen LogP) is 6.22. The van der Waals surface area contributed by atoms with Crippen molar-refractivity contribution in [3.63, 3.8) is 0 Å². The van der Waals surface area contributed by atoms with Gasteiger partial charge in [-0.15, -0.1) is 0 Å². The number of fused-ring (bicyclic) bond motifs is 1. The van der Waals surface area contributed by atoms with E-state index >= 15 is 0 Å². The molecule has 1 atom stereocenters. The van der Waals surface area contributed by atoms with E-state index in [-0.39, 0.29) is 18.4 Å². The summed E-state index contributed by atoms with van der Waals surface area (Å²) in [4.78, 5) is 15.4. The van der Waals surface area contributed by atoms with Crippen LogP contribution in [0.15, 0.2) is 54.6 Å². The molecule has 0 aromatic heterocycles. The number of nitrogens with zero attached hydrogens (tertiary/aromatic N) is 1. The van der Waals surface area contributed by atoms with Crippen molar-refractivity contribution in [3.05, 3.63) is 76.3 Å². The maximum Gasteiger partial charge on any atom is 0.232 e. The predicted molar refractivity (Wildman–Crippen MR) is 137 cm³/mol. The molecule has 1 amide bonds. The van der Waals surface area contributed by atoms with Gasteiger partial charge in [-0.05, 0) is 79.9 Å². The van der Waals surface area contributed by atoms with Crippen molar-refractivity contribution in [2.75, 3.05) is 31.8 Å². The topological polar surface area (TPSA) is 57.2 Å². The fourth-order valence-corrected chi connectivity index (χ4v) is 4.68. The van der Waals surface area contributed by atoms with Crippen LogP contribution in [0.3, 0.4) is 0 Å². The van der Waals surface area contributed by atoms with Crippen molar-refractivity contribution in [1.29, 1.82) is 0 Å². The lowest BCUT2D eigenvalue weighted by Gasteiger charge is -2.38. The van der Waals surface area contributed by atoms with Gasteiger partial charge in [0.2, 0.25) is 5.91 Å². The zero-order valence-corrected chi connectivity index (χ0v) is 21.2. The molecule has 7 heteroatoms. The highest BCUT2D eigenvalue weighted by Crippen LogP contribution is 2.44. The average molecular weight is 496 g/mol. The Hall–Kier alpha value is -3.38. The number of carbonyl (C=O) groups excluding carboxylic acids is 1. The highest BCUT2D eigenvalue weighted by molar-refractivity contribution is 6.32. The molecule has 0 N–H and O–H groups in total. The molecule has 1 heterocycles. The SMILES string of the molecule is CCOc1ccc([C@@H]2c3cc(OCC)c(OCC)cc3CC(=O)N2c2ccc(OC)c(Cl)c2)cc1. The van der Waals surface area contributed by atoms with Crippen LogP contribution in [0, 0.1) is 0 Å².